The van der Waals surface area contributed by atoms with Crippen molar-refractivity contribution in [3.63, 3.8) is 0 Å². The summed E-state index contributed by atoms with van der Waals surface area (Å²) in [5, 5.41) is 0. The Morgan fingerprint density at radius 1 is 1.07 bits per heavy atom. The lowest BCUT2D eigenvalue weighted by molar-refractivity contribution is 0.607. The average molecular weight is 197 g/mol. The molecule has 0 spiro atoms. The first kappa shape index (κ1) is 8.11. The van der Waals surface area contributed by atoms with Crippen molar-refractivity contribution in [2.45, 2.75) is 0 Å². The van der Waals surface area contributed by atoms with Crippen molar-refractivity contribution in [2.24, 2.45) is 0 Å². The molecule has 0 amide bonds. The van der Waals surface area contributed by atoms with Crippen LogP contribution in [0.5, 0.6) is 0 Å². The van der Waals surface area contributed by atoms with Crippen molar-refractivity contribution in [1.82, 2.24) is 15.0 Å². The molecule has 0 atom stereocenters. The summed E-state index contributed by atoms with van der Waals surface area (Å²) in [4.78, 5) is 12.2. The Balaban J connectivity index is 2.21. The molecule has 0 saturated heterocycles. The Kier molecular flexibility index (Phi) is 1.71. The van der Waals surface area contributed by atoms with Crippen molar-refractivity contribution in [3.8, 4) is 11.5 Å². The maximum atomic E-state index is 5.49. The number of hydrogen-bond donors (Lipinski definition) is 0. The van der Waals surface area contributed by atoms with Crippen molar-refractivity contribution < 1.29 is 4.42 Å². The van der Waals surface area contributed by atoms with Crippen LogP contribution in [0, 0.1) is 0 Å². The van der Waals surface area contributed by atoms with Crippen LogP contribution in [0.25, 0.3) is 22.7 Å². The molecule has 0 N–H and O–H groups in total. The van der Waals surface area contributed by atoms with Gasteiger partial charge in [-0.1, -0.05) is 18.2 Å². The maximum Gasteiger partial charge on any atom is 0.250 e. The zero-order valence-corrected chi connectivity index (χ0v) is 7.79. The molecule has 0 unspecified atom stereocenters. The van der Waals surface area contributed by atoms with Gasteiger partial charge in [-0.05, 0) is 12.1 Å². The highest BCUT2D eigenvalue weighted by molar-refractivity contribution is 5.71. The Morgan fingerprint density at radius 2 is 1.93 bits per heavy atom. The van der Waals surface area contributed by atoms with Gasteiger partial charge in [0.2, 0.25) is 11.6 Å². The Bertz CT molecular complexity index is 556. The summed E-state index contributed by atoms with van der Waals surface area (Å²) in [6.07, 6.45) is 3.08. The minimum absolute atomic E-state index is 0.517. The first-order valence-corrected chi connectivity index (χ1v) is 4.55. The molecule has 0 aliphatic carbocycles. The molecule has 0 fully saturated rings. The van der Waals surface area contributed by atoms with Gasteiger partial charge in [0.25, 0.3) is 0 Å². The smallest absolute Gasteiger partial charge is 0.250 e. The number of fused-ring (bicyclic) bond motifs is 1. The molecule has 2 aromatic heterocycles. The molecule has 0 aliphatic rings. The predicted molar refractivity (Wildman–Crippen MR) is 55.0 cm³/mol. The average Bonchev–Trinajstić information content (AvgIpc) is 2.74. The van der Waals surface area contributed by atoms with Crippen LogP contribution in [0.2, 0.25) is 0 Å². The monoisotopic (exact) mass is 197 g/mol. The standard InChI is InChI=1S/C11H7N3O/c1-2-4-8(5-3-1)10-14-9-6-12-7-13-11(9)15-10/h1-7H. The summed E-state index contributed by atoms with van der Waals surface area (Å²) in [5.41, 5.74) is 2.13. The van der Waals surface area contributed by atoms with Gasteiger partial charge in [-0.25, -0.2) is 9.97 Å². The van der Waals surface area contributed by atoms with Crippen LogP contribution in [-0.2, 0) is 0 Å². The SMILES string of the molecule is c1ccc(-c2nc3cncnc3o2)cc1. The second-order valence-electron chi connectivity index (χ2n) is 3.10. The second-order valence-corrected chi connectivity index (χ2v) is 3.10. The van der Waals surface area contributed by atoms with E-state index in [4.69, 9.17) is 4.42 Å². The predicted octanol–water partition coefficient (Wildman–Crippen LogP) is 2.28. The number of rotatable bonds is 1. The van der Waals surface area contributed by atoms with E-state index in [0.717, 1.165) is 5.56 Å². The van der Waals surface area contributed by atoms with E-state index < -0.39 is 0 Å². The zero-order valence-electron chi connectivity index (χ0n) is 7.79. The molecular formula is C11H7N3O. The fourth-order valence-corrected chi connectivity index (χ4v) is 1.39. The van der Waals surface area contributed by atoms with Gasteiger partial charge >= 0.3 is 0 Å². The third-order valence-electron chi connectivity index (χ3n) is 2.09. The van der Waals surface area contributed by atoms with Crippen molar-refractivity contribution in [2.75, 3.05) is 0 Å². The van der Waals surface area contributed by atoms with Crippen molar-refractivity contribution >= 4 is 11.2 Å². The summed E-state index contributed by atoms with van der Waals surface area (Å²) in [7, 11) is 0. The lowest BCUT2D eigenvalue weighted by Crippen LogP contribution is -1.76. The molecule has 4 heteroatoms. The van der Waals surface area contributed by atoms with Gasteiger partial charge in [-0.15, -0.1) is 0 Å². The summed E-state index contributed by atoms with van der Waals surface area (Å²) in [6, 6.07) is 9.72. The molecule has 0 aliphatic heterocycles. The minimum atomic E-state index is 0.517. The lowest BCUT2D eigenvalue weighted by Gasteiger charge is -1.91. The fourth-order valence-electron chi connectivity index (χ4n) is 1.39. The molecule has 1 aromatic carbocycles. The molecule has 0 saturated carbocycles. The minimum Gasteiger partial charge on any atom is -0.418 e. The van der Waals surface area contributed by atoms with Gasteiger partial charge in [0, 0.05) is 5.56 Å². The molecule has 72 valence electrons. The number of aromatic nitrogens is 3. The molecule has 3 rings (SSSR count). The number of benzene rings is 1. The Morgan fingerprint density at radius 3 is 2.73 bits per heavy atom. The van der Waals surface area contributed by atoms with E-state index in [-0.39, 0.29) is 0 Å². The van der Waals surface area contributed by atoms with Crippen molar-refractivity contribution in [3.05, 3.63) is 42.9 Å². The first-order chi connectivity index (χ1) is 7.43. The number of hydrogen-bond acceptors (Lipinski definition) is 4. The van der Waals surface area contributed by atoms with Gasteiger partial charge in [0.05, 0.1) is 6.20 Å². The van der Waals surface area contributed by atoms with E-state index in [1.807, 2.05) is 30.3 Å². The third kappa shape index (κ3) is 1.36. The van der Waals surface area contributed by atoms with Gasteiger partial charge < -0.3 is 4.42 Å². The summed E-state index contributed by atoms with van der Waals surface area (Å²) >= 11 is 0. The van der Waals surface area contributed by atoms with Crippen LogP contribution in [-0.4, -0.2) is 15.0 Å². The topological polar surface area (TPSA) is 51.8 Å². The third-order valence-corrected chi connectivity index (χ3v) is 2.09. The van der Waals surface area contributed by atoms with Crippen LogP contribution in [0.3, 0.4) is 0 Å². The maximum absolute atomic E-state index is 5.49. The molecule has 0 bridgehead atoms. The largest absolute Gasteiger partial charge is 0.418 e. The highest BCUT2D eigenvalue weighted by Gasteiger charge is 2.07. The van der Waals surface area contributed by atoms with E-state index in [0.29, 0.717) is 17.1 Å². The number of nitrogens with zero attached hydrogens (tertiary/aromatic N) is 3. The van der Waals surface area contributed by atoms with E-state index in [9.17, 15) is 0 Å². The fraction of sp³-hybridized carbons (Fsp3) is 0. The normalized spacial score (nSPS) is 10.7. The summed E-state index contributed by atoms with van der Waals surface area (Å²) in [5.74, 6) is 0.575. The second kappa shape index (κ2) is 3.16. The van der Waals surface area contributed by atoms with E-state index in [1.54, 1.807) is 6.20 Å². The Hall–Kier alpha value is -2.23. The Labute approximate surface area is 85.6 Å². The zero-order chi connectivity index (χ0) is 10.1. The molecule has 3 aromatic rings. The van der Waals surface area contributed by atoms with E-state index in [2.05, 4.69) is 15.0 Å². The van der Waals surface area contributed by atoms with E-state index >= 15 is 0 Å². The first-order valence-electron chi connectivity index (χ1n) is 4.55. The van der Waals surface area contributed by atoms with Crippen LogP contribution in [0.4, 0.5) is 0 Å². The van der Waals surface area contributed by atoms with Crippen molar-refractivity contribution in [1.29, 1.82) is 0 Å². The summed E-state index contributed by atoms with van der Waals surface area (Å²) in [6.45, 7) is 0. The lowest BCUT2D eigenvalue weighted by atomic mass is 10.2. The molecule has 15 heavy (non-hydrogen) atoms. The van der Waals surface area contributed by atoms with Gasteiger partial charge in [0.15, 0.2) is 0 Å². The molecule has 0 radical (unpaired) electrons. The van der Waals surface area contributed by atoms with Crippen LogP contribution >= 0.6 is 0 Å². The van der Waals surface area contributed by atoms with E-state index in [1.165, 1.54) is 6.33 Å². The molecular weight excluding hydrogens is 190 g/mol. The van der Waals surface area contributed by atoms with Crippen LogP contribution < -0.4 is 0 Å². The molecule has 4 nitrogen and oxygen atoms in total. The summed E-state index contributed by atoms with van der Waals surface area (Å²) < 4.78 is 5.49. The van der Waals surface area contributed by atoms with Crippen LogP contribution in [0.1, 0.15) is 0 Å². The van der Waals surface area contributed by atoms with Gasteiger partial charge in [-0.3, -0.25) is 0 Å². The highest BCUT2D eigenvalue weighted by Crippen LogP contribution is 2.21. The van der Waals surface area contributed by atoms with Gasteiger partial charge in [0.1, 0.15) is 11.8 Å². The quantitative estimate of drug-likeness (QED) is 0.600. The van der Waals surface area contributed by atoms with Crippen LogP contribution in [0.15, 0.2) is 47.3 Å². The van der Waals surface area contributed by atoms with Gasteiger partial charge in [-0.2, -0.15) is 4.98 Å². The number of oxazole rings is 1. The molecule has 2 heterocycles. The highest BCUT2D eigenvalue weighted by atomic mass is 16.4.